The van der Waals surface area contributed by atoms with Crippen molar-refractivity contribution in [2.75, 3.05) is 13.7 Å². The van der Waals surface area contributed by atoms with Gasteiger partial charge in [0.1, 0.15) is 5.75 Å². The Kier molecular flexibility index (Phi) is 5.47. The first-order chi connectivity index (χ1) is 13.0. The molecule has 1 heterocycles. The maximum Gasteiger partial charge on any atom is 0.269 e. The third-order valence-corrected chi connectivity index (χ3v) is 4.09. The molecule has 6 heteroatoms. The first-order valence-electron chi connectivity index (χ1n) is 8.31. The van der Waals surface area contributed by atoms with E-state index in [2.05, 4.69) is 0 Å². The van der Waals surface area contributed by atoms with E-state index in [9.17, 15) is 14.9 Å². The minimum Gasteiger partial charge on any atom is -0.497 e. The number of nitrogens with zero attached hydrogens (tertiary/aromatic N) is 2. The highest BCUT2D eigenvalue weighted by atomic mass is 16.6. The number of methoxy groups -OCH3 is 1. The second kappa shape index (κ2) is 8.14. The lowest BCUT2D eigenvalue weighted by Crippen LogP contribution is -2.21. The lowest BCUT2D eigenvalue weighted by Gasteiger charge is -2.18. The minimum absolute atomic E-state index is 0.00903. The summed E-state index contributed by atoms with van der Waals surface area (Å²) in [5.41, 5.74) is 2.50. The maximum absolute atomic E-state index is 12.4. The van der Waals surface area contributed by atoms with Crippen LogP contribution >= 0.6 is 0 Å². The van der Waals surface area contributed by atoms with Gasteiger partial charge in [-0.05, 0) is 65.8 Å². The Morgan fingerprint density at radius 2 is 1.70 bits per heavy atom. The molecule has 6 nitrogen and oxygen atoms in total. The van der Waals surface area contributed by atoms with Crippen molar-refractivity contribution in [2.45, 2.75) is 0 Å². The van der Waals surface area contributed by atoms with Crippen LogP contribution in [0.25, 0.3) is 6.08 Å². The summed E-state index contributed by atoms with van der Waals surface area (Å²) in [6, 6.07) is 13.4. The summed E-state index contributed by atoms with van der Waals surface area (Å²) >= 11 is 0. The second-order valence-corrected chi connectivity index (χ2v) is 5.95. The second-order valence-electron chi connectivity index (χ2n) is 5.95. The number of ketones is 1. The first kappa shape index (κ1) is 18.1. The van der Waals surface area contributed by atoms with Gasteiger partial charge >= 0.3 is 0 Å². The molecule has 3 rings (SSSR count). The summed E-state index contributed by atoms with van der Waals surface area (Å²) in [6.07, 6.45) is 9.36. The molecule has 0 radical (unpaired) electrons. The normalized spacial score (nSPS) is 12.8. The summed E-state index contributed by atoms with van der Waals surface area (Å²) in [6.45, 7) is 0.240. The van der Waals surface area contributed by atoms with Gasteiger partial charge in [-0.2, -0.15) is 0 Å². The van der Waals surface area contributed by atoms with Gasteiger partial charge in [-0.3, -0.25) is 14.9 Å². The molecule has 0 spiro atoms. The Morgan fingerprint density at radius 1 is 1.07 bits per heavy atom. The Bertz CT molecular complexity index is 910. The van der Waals surface area contributed by atoms with Crippen LogP contribution in [-0.2, 0) is 0 Å². The van der Waals surface area contributed by atoms with E-state index in [0.29, 0.717) is 11.3 Å². The number of allylic oxidation sites excluding steroid dienone is 3. The van der Waals surface area contributed by atoms with Gasteiger partial charge in [0.25, 0.3) is 5.69 Å². The third kappa shape index (κ3) is 4.70. The van der Waals surface area contributed by atoms with Crippen molar-refractivity contribution in [1.82, 2.24) is 4.90 Å². The molecular formula is C21H18N2O4. The number of hydrogen-bond acceptors (Lipinski definition) is 5. The van der Waals surface area contributed by atoms with Gasteiger partial charge in [-0.1, -0.05) is 0 Å². The zero-order valence-electron chi connectivity index (χ0n) is 14.7. The number of non-ortho nitro benzene ring substituents is 1. The van der Waals surface area contributed by atoms with Crippen LogP contribution in [0.3, 0.4) is 0 Å². The van der Waals surface area contributed by atoms with E-state index >= 15 is 0 Å². The van der Waals surface area contributed by atoms with Crippen LogP contribution in [0.1, 0.15) is 15.9 Å². The Labute approximate surface area is 156 Å². The van der Waals surface area contributed by atoms with E-state index in [1.165, 1.54) is 12.1 Å². The van der Waals surface area contributed by atoms with E-state index in [1.54, 1.807) is 48.4 Å². The van der Waals surface area contributed by atoms with Crippen LogP contribution in [0.2, 0.25) is 0 Å². The molecule has 0 aliphatic carbocycles. The topological polar surface area (TPSA) is 72.7 Å². The predicted molar refractivity (Wildman–Crippen MR) is 103 cm³/mol. The van der Waals surface area contributed by atoms with Crippen molar-refractivity contribution in [2.24, 2.45) is 0 Å². The van der Waals surface area contributed by atoms with Crippen LogP contribution in [0, 0.1) is 10.1 Å². The van der Waals surface area contributed by atoms with Crippen LogP contribution in [0.15, 0.2) is 78.7 Å². The van der Waals surface area contributed by atoms with Crippen LogP contribution in [-0.4, -0.2) is 29.3 Å². The largest absolute Gasteiger partial charge is 0.497 e. The highest BCUT2D eigenvalue weighted by molar-refractivity contribution is 5.97. The molecule has 0 bridgehead atoms. The molecule has 0 unspecified atom stereocenters. The number of carbonyl (C=O) groups excluding carboxylic acids is 1. The summed E-state index contributed by atoms with van der Waals surface area (Å²) in [5, 5.41) is 10.7. The van der Waals surface area contributed by atoms with Gasteiger partial charge in [-0.15, -0.1) is 0 Å². The fourth-order valence-electron chi connectivity index (χ4n) is 2.59. The van der Waals surface area contributed by atoms with Crippen molar-refractivity contribution in [3.05, 3.63) is 99.9 Å². The summed E-state index contributed by atoms with van der Waals surface area (Å²) in [4.78, 5) is 24.4. The van der Waals surface area contributed by atoms with E-state index in [-0.39, 0.29) is 18.0 Å². The number of hydrogen-bond donors (Lipinski definition) is 0. The smallest absolute Gasteiger partial charge is 0.269 e. The van der Waals surface area contributed by atoms with Gasteiger partial charge in [0.2, 0.25) is 0 Å². The molecule has 0 saturated heterocycles. The van der Waals surface area contributed by atoms with Crippen LogP contribution in [0.4, 0.5) is 5.69 Å². The van der Waals surface area contributed by atoms with Crippen molar-refractivity contribution in [1.29, 1.82) is 0 Å². The number of ether oxygens (including phenoxy) is 1. The van der Waals surface area contributed by atoms with E-state index < -0.39 is 4.92 Å². The molecule has 0 N–H and O–H groups in total. The van der Waals surface area contributed by atoms with Crippen LogP contribution < -0.4 is 4.74 Å². The predicted octanol–water partition coefficient (Wildman–Crippen LogP) is 4.21. The number of carbonyl (C=O) groups is 1. The molecule has 27 heavy (non-hydrogen) atoms. The number of nitro benzene ring substituents is 1. The SMILES string of the molecule is COc1ccc(C(=O)CN2C=CC(=Cc3ccc([N+](=O)[O-])cc3)C=C2)cc1. The molecule has 0 aromatic heterocycles. The van der Waals surface area contributed by atoms with E-state index in [1.807, 2.05) is 30.6 Å². The fourth-order valence-corrected chi connectivity index (χ4v) is 2.59. The first-order valence-corrected chi connectivity index (χ1v) is 8.31. The maximum atomic E-state index is 12.4. The van der Waals surface area contributed by atoms with E-state index in [0.717, 1.165) is 11.1 Å². The van der Waals surface area contributed by atoms with Crippen molar-refractivity contribution < 1.29 is 14.5 Å². The zero-order valence-corrected chi connectivity index (χ0v) is 14.7. The molecule has 2 aromatic rings. The highest BCUT2D eigenvalue weighted by Gasteiger charge is 2.10. The molecule has 136 valence electrons. The lowest BCUT2D eigenvalue weighted by molar-refractivity contribution is -0.384. The van der Waals surface area contributed by atoms with Gasteiger partial charge in [-0.25, -0.2) is 0 Å². The van der Waals surface area contributed by atoms with Crippen molar-refractivity contribution >= 4 is 17.5 Å². The number of nitro groups is 1. The van der Waals surface area contributed by atoms with Gasteiger partial charge in [0.05, 0.1) is 18.6 Å². The lowest BCUT2D eigenvalue weighted by atomic mass is 10.1. The fraction of sp³-hybridized carbons (Fsp3) is 0.0952. The summed E-state index contributed by atoms with van der Waals surface area (Å²) in [7, 11) is 1.59. The number of rotatable bonds is 6. The molecule has 2 aromatic carbocycles. The summed E-state index contributed by atoms with van der Waals surface area (Å²) < 4.78 is 5.09. The van der Waals surface area contributed by atoms with Crippen molar-refractivity contribution in [3.8, 4) is 5.75 Å². The molecular weight excluding hydrogens is 344 g/mol. The average molecular weight is 362 g/mol. The average Bonchev–Trinajstić information content (AvgIpc) is 2.70. The van der Waals surface area contributed by atoms with Gasteiger partial charge in [0.15, 0.2) is 5.78 Å². The van der Waals surface area contributed by atoms with Crippen LogP contribution in [0.5, 0.6) is 5.75 Å². The Morgan fingerprint density at radius 3 is 2.26 bits per heavy atom. The Balaban J connectivity index is 1.61. The minimum atomic E-state index is -0.422. The van der Waals surface area contributed by atoms with Crippen molar-refractivity contribution in [3.63, 3.8) is 0 Å². The monoisotopic (exact) mass is 362 g/mol. The number of Topliss-reactive ketones (excluding diaryl/α,β-unsaturated/α-hetero) is 1. The molecule has 0 atom stereocenters. The summed E-state index contributed by atoms with van der Waals surface area (Å²) in [5.74, 6) is 0.722. The van der Waals surface area contributed by atoms with Gasteiger partial charge in [0, 0.05) is 30.1 Å². The van der Waals surface area contributed by atoms with E-state index in [4.69, 9.17) is 4.74 Å². The standard InChI is InChI=1S/C21H18N2O4/c1-27-20-8-4-18(5-9-20)21(24)15-22-12-10-17(11-13-22)14-16-2-6-19(7-3-16)23(25)26/h2-14H,15H2,1H3. The molecule has 0 fully saturated rings. The quantitative estimate of drug-likeness (QED) is 0.437. The molecule has 1 aliphatic rings. The highest BCUT2D eigenvalue weighted by Crippen LogP contribution is 2.18. The molecule has 0 saturated carbocycles. The molecule has 1 aliphatic heterocycles. The third-order valence-electron chi connectivity index (χ3n) is 4.09. The zero-order chi connectivity index (χ0) is 19.2. The molecule has 0 amide bonds. The number of benzene rings is 2. The van der Waals surface area contributed by atoms with Gasteiger partial charge < -0.3 is 9.64 Å². The Hall–Kier alpha value is -3.67.